The maximum Gasteiger partial charge on any atom is 0.573 e. The lowest BCUT2D eigenvalue weighted by atomic mass is 10.1. The fourth-order valence-corrected chi connectivity index (χ4v) is 5.17. The van der Waals surface area contributed by atoms with Crippen LogP contribution in [0.2, 0.25) is 0 Å². The molecule has 0 atom stereocenters. The van der Waals surface area contributed by atoms with Crippen molar-refractivity contribution >= 4 is 21.8 Å². The van der Waals surface area contributed by atoms with Crippen molar-refractivity contribution in [3.05, 3.63) is 97.6 Å². The summed E-state index contributed by atoms with van der Waals surface area (Å²) < 4.78 is 46.7. The molecular weight excluding hydrogens is 625 g/mol. The summed E-state index contributed by atoms with van der Waals surface area (Å²) in [5, 5.41) is 29.8. The Kier molecular flexibility index (Phi) is 7.98. The van der Waals surface area contributed by atoms with Crippen LogP contribution in [0.1, 0.15) is 6.92 Å². The Morgan fingerprint density at radius 1 is 0.604 bits per heavy atom. The number of nitrogens with one attached hydrogen (secondary N) is 4. The second-order valence-electron chi connectivity index (χ2n) is 10.4. The van der Waals surface area contributed by atoms with Crippen LogP contribution in [0.25, 0.3) is 67.1 Å². The number of ether oxygens (including phenoxy) is 2. The molecule has 0 bridgehead atoms. The van der Waals surface area contributed by atoms with Gasteiger partial charge < -0.3 is 9.47 Å². The number of halogens is 3. The number of H-pyrrole nitrogens is 4. The molecule has 0 radical (unpaired) electrons. The first kappa shape index (κ1) is 30.2. The summed E-state index contributed by atoms with van der Waals surface area (Å²) in [5.41, 5.74) is 6.46. The van der Waals surface area contributed by atoms with E-state index >= 15 is 0 Å². The predicted octanol–water partition coefficient (Wildman–Crippen LogP) is 7.33. The van der Waals surface area contributed by atoms with E-state index in [1.54, 1.807) is 6.07 Å². The summed E-state index contributed by atoms with van der Waals surface area (Å²) in [7, 11) is 0. The molecule has 0 aliphatic carbocycles. The predicted molar refractivity (Wildman–Crippen MR) is 172 cm³/mol. The van der Waals surface area contributed by atoms with E-state index in [0.29, 0.717) is 23.7 Å². The Morgan fingerprint density at radius 3 is 1.69 bits per heavy atom. The minimum atomic E-state index is -4.74. The van der Waals surface area contributed by atoms with Crippen LogP contribution in [0.15, 0.2) is 97.6 Å². The molecule has 4 N–H and O–H groups in total. The highest BCUT2D eigenvalue weighted by molar-refractivity contribution is 5.96. The number of aromatic amines is 4. The molecule has 0 aliphatic rings. The third kappa shape index (κ3) is 6.42. The largest absolute Gasteiger partial charge is 0.573 e. The van der Waals surface area contributed by atoms with Crippen molar-refractivity contribution in [1.29, 1.82) is 0 Å². The highest BCUT2D eigenvalue weighted by Crippen LogP contribution is 2.33. The summed E-state index contributed by atoms with van der Waals surface area (Å²) >= 11 is 0. The molecule has 4 aromatic carbocycles. The van der Waals surface area contributed by atoms with E-state index in [-0.39, 0.29) is 5.75 Å². The van der Waals surface area contributed by atoms with Crippen LogP contribution in [-0.2, 0) is 0 Å². The van der Waals surface area contributed by atoms with Crippen molar-refractivity contribution in [2.45, 2.75) is 13.3 Å². The fraction of sp³-hybridized carbons (Fsp3) is 0.0909. The second-order valence-corrected chi connectivity index (χ2v) is 10.4. The Bertz CT molecular complexity index is 2280. The Hall–Kier alpha value is -6.51. The SMILES string of the molecule is CCOc1ccc(-c2n[nH]c3ccc(-c4ncn[nH]4)cc23)cc1.FC(F)(F)Oc1cccc(-c2n[nH]c3ccc(-c4ncn[nH]4)cc23)c1. The number of rotatable bonds is 7. The monoisotopic (exact) mass is 650 g/mol. The van der Waals surface area contributed by atoms with Crippen molar-refractivity contribution in [2.75, 3.05) is 6.61 Å². The van der Waals surface area contributed by atoms with E-state index in [0.717, 1.165) is 55.8 Å². The van der Waals surface area contributed by atoms with E-state index < -0.39 is 6.36 Å². The molecule has 240 valence electrons. The van der Waals surface area contributed by atoms with Gasteiger partial charge in [-0.15, -0.1) is 13.2 Å². The number of hydrogen-bond donors (Lipinski definition) is 4. The van der Waals surface area contributed by atoms with E-state index in [9.17, 15) is 13.2 Å². The van der Waals surface area contributed by atoms with Gasteiger partial charge in [-0.3, -0.25) is 20.4 Å². The summed E-state index contributed by atoms with van der Waals surface area (Å²) in [6.45, 7) is 2.63. The van der Waals surface area contributed by atoms with Gasteiger partial charge in [-0.1, -0.05) is 12.1 Å². The molecule has 48 heavy (non-hydrogen) atoms. The van der Waals surface area contributed by atoms with Gasteiger partial charge in [0.1, 0.15) is 29.8 Å². The molecule has 0 amide bonds. The van der Waals surface area contributed by atoms with Gasteiger partial charge in [-0.25, -0.2) is 9.97 Å². The Morgan fingerprint density at radius 2 is 1.17 bits per heavy atom. The molecule has 0 aliphatic heterocycles. The van der Waals surface area contributed by atoms with Crippen molar-refractivity contribution in [3.63, 3.8) is 0 Å². The third-order valence-corrected chi connectivity index (χ3v) is 7.28. The normalized spacial score (nSPS) is 11.4. The van der Waals surface area contributed by atoms with Crippen LogP contribution in [-0.4, -0.2) is 63.7 Å². The van der Waals surface area contributed by atoms with Gasteiger partial charge in [0.2, 0.25) is 0 Å². The summed E-state index contributed by atoms with van der Waals surface area (Å²) in [5.74, 6) is 1.89. The fourth-order valence-electron chi connectivity index (χ4n) is 5.17. The molecule has 15 heteroatoms. The van der Waals surface area contributed by atoms with Crippen molar-refractivity contribution < 1.29 is 22.6 Å². The van der Waals surface area contributed by atoms with Crippen molar-refractivity contribution in [3.8, 4) is 56.8 Å². The van der Waals surface area contributed by atoms with Gasteiger partial charge in [0.05, 0.1) is 23.3 Å². The molecule has 0 spiro atoms. The average molecular weight is 651 g/mol. The molecule has 4 aromatic heterocycles. The molecule has 0 saturated heterocycles. The standard InChI is InChI=1S/C17H15N5O.C16H10F3N5O/c1-2-23-13-6-3-11(4-7-13)16-14-9-12(17-18-10-19-22-17)5-8-15(14)20-21-16;17-16(18,19)25-11-3-1-2-9(6-11)14-12-7-10(15-20-8-21-24-15)4-5-13(12)22-23-14/h3-10H,2H2,1H3,(H,20,21)(H,18,19,22);1-8H,(H,22,23)(H,20,21,24). The number of nitrogens with zero attached hydrogens (tertiary/aromatic N) is 6. The molecule has 8 rings (SSSR count). The minimum Gasteiger partial charge on any atom is -0.494 e. The maximum atomic E-state index is 12.4. The van der Waals surface area contributed by atoms with Crippen LogP contribution in [0.3, 0.4) is 0 Å². The highest BCUT2D eigenvalue weighted by Gasteiger charge is 2.31. The lowest BCUT2D eigenvalue weighted by Crippen LogP contribution is -2.17. The quantitative estimate of drug-likeness (QED) is 0.140. The van der Waals surface area contributed by atoms with Gasteiger partial charge >= 0.3 is 6.36 Å². The number of fused-ring (bicyclic) bond motifs is 2. The second kappa shape index (κ2) is 12.7. The van der Waals surface area contributed by atoms with Gasteiger partial charge in [0.15, 0.2) is 11.6 Å². The zero-order chi connectivity index (χ0) is 33.1. The smallest absolute Gasteiger partial charge is 0.494 e. The van der Waals surface area contributed by atoms with Crippen LogP contribution in [0.5, 0.6) is 11.5 Å². The first-order valence-electron chi connectivity index (χ1n) is 14.6. The molecule has 0 unspecified atom stereocenters. The molecular formula is C33H25F3N10O2. The van der Waals surface area contributed by atoms with Crippen molar-refractivity contribution in [1.82, 2.24) is 50.8 Å². The first-order valence-corrected chi connectivity index (χ1v) is 14.6. The highest BCUT2D eigenvalue weighted by atomic mass is 19.4. The number of hydrogen-bond acceptors (Lipinski definition) is 8. The topological polar surface area (TPSA) is 159 Å². The van der Waals surface area contributed by atoms with Crippen LogP contribution in [0, 0.1) is 0 Å². The van der Waals surface area contributed by atoms with E-state index in [1.165, 1.54) is 30.9 Å². The van der Waals surface area contributed by atoms with E-state index in [4.69, 9.17) is 4.74 Å². The number of alkyl halides is 3. The van der Waals surface area contributed by atoms with Crippen LogP contribution in [0.4, 0.5) is 13.2 Å². The van der Waals surface area contributed by atoms with Crippen LogP contribution < -0.4 is 9.47 Å². The summed E-state index contributed by atoms with van der Waals surface area (Å²) in [6.07, 6.45) is -1.85. The van der Waals surface area contributed by atoms with Gasteiger partial charge in [-0.2, -0.15) is 20.4 Å². The van der Waals surface area contributed by atoms with Gasteiger partial charge in [0, 0.05) is 33.0 Å². The number of benzene rings is 4. The van der Waals surface area contributed by atoms with Crippen molar-refractivity contribution in [2.24, 2.45) is 0 Å². The van der Waals surface area contributed by atoms with E-state index in [2.05, 4.69) is 61.6 Å². The van der Waals surface area contributed by atoms with Gasteiger partial charge in [0.25, 0.3) is 0 Å². The molecule has 12 nitrogen and oxygen atoms in total. The molecule has 0 fully saturated rings. The zero-order valence-corrected chi connectivity index (χ0v) is 25.1. The summed E-state index contributed by atoms with van der Waals surface area (Å²) in [4.78, 5) is 8.29. The lowest BCUT2D eigenvalue weighted by molar-refractivity contribution is -0.274. The van der Waals surface area contributed by atoms with E-state index in [1.807, 2.05) is 61.5 Å². The minimum absolute atomic E-state index is 0.299. The first-order chi connectivity index (χ1) is 23.3. The van der Waals surface area contributed by atoms with Gasteiger partial charge in [-0.05, 0) is 79.7 Å². The average Bonchev–Trinajstić information content (AvgIpc) is 3.92. The Balaban J connectivity index is 0.000000152. The lowest BCUT2D eigenvalue weighted by Gasteiger charge is -2.09. The third-order valence-electron chi connectivity index (χ3n) is 7.28. The molecule has 4 heterocycles. The maximum absolute atomic E-state index is 12.4. The summed E-state index contributed by atoms with van der Waals surface area (Å²) in [6, 6.07) is 25.2. The Labute approximate surface area is 269 Å². The molecule has 0 saturated carbocycles. The number of aromatic nitrogens is 10. The van der Waals surface area contributed by atoms with Crippen LogP contribution >= 0.6 is 0 Å². The molecule has 8 aromatic rings. The zero-order valence-electron chi connectivity index (χ0n) is 25.1.